The van der Waals surface area contributed by atoms with E-state index in [0.717, 1.165) is 51.9 Å². The van der Waals surface area contributed by atoms with E-state index in [1.54, 1.807) is 4.31 Å². The van der Waals surface area contributed by atoms with E-state index >= 15 is 0 Å². The van der Waals surface area contributed by atoms with Crippen LogP contribution in [0, 0.1) is 5.92 Å². The van der Waals surface area contributed by atoms with Crippen molar-refractivity contribution in [1.82, 2.24) is 14.5 Å². The highest BCUT2D eigenvalue weighted by atomic mass is 35.5. The molecular formula is C16H32ClN3O3S. The van der Waals surface area contributed by atoms with Crippen molar-refractivity contribution in [2.24, 2.45) is 5.92 Å². The zero-order chi connectivity index (χ0) is 16.7. The van der Waals surface area contributed by atoms with Gasteiger partial charge in [0.15, 0.2) is 0 Å². The van der Waals surface area contributed by atoms with E-state index < -0.39 is 10.0 Å². The molecule has 2 fully saturated rings. The number of amides is 1. The van der Waals surface area contributed by atoms with Gasteiger partial charge in [0.25, 0.3) is 0 Å². The van der Waals surface area contributed by atoms with E-state index in [1.807, 2.05) is 4.90 Å². The number of halogens is 1. The minimum Gasteiger partial charge on any atom is -0.343 e. The Balaban J connectivity index is 0.00000288. The van der Waals surface area contributed by atoms with Gasteiger partial charge in [0.1, 0.15) is 0 Å². The van der Waals surface area contributed by atoms with Crippen molar-refractivity contribution in [1.29, 1.82) is 0 Å². The summed E-state index contributed by atoms with van der Waals surface area (Å²) in [4.78, 5) is 14.1. The first-order chi connectivity index (χ1) is 11.0. The monoisotopic (exact) mass is 381 g/mol. The number of carbonyl (C=O) groups excluding carboxylic acids is 1. The van der Waals surface area contributed by atoms with Gasteiger partial charge in [-0.25, -0.2) is 12.7 Å². The van der Waals surface area contributed by atoms with Crippen molar-refractivity contribution in [3.8, 4) is 0 Å². The van der Waals surface area contributed by atoms with Crippen molar-refractivity contribution >= 4 is 28.3 Å². The largest absolute Gasteiger partial charge is 0.343 e. The fourth-order valence-electron chi connectivity index (χ4n) is 3.39. The summed E-state index contributed by atoms with van der Waals surface area (Å²) in [7, 11) is -3.15. The number of nitrogens with one attached hydrogen (secondary N) is 1. The minimum atomic E-state index is -3.15. The summed E-state index contributed by atoms with van der Waals surface area (Å²) < 4.78 is 25.8. The Morgan fingerprint density at radius 3 is 2.33 bits per heavy atom. The highest BCUT2D eigenvalue weighted by Gasteiger charge is 2.26. The average molecular weight is 382 g/mol. The molecule has 1 amide bonds. The molecule has 0 atom stereocenters. The molecule has 2 aliphatic heterocycles. The molecule has 142 valence electrons. The predicted octanol–water partition coefficient (Wildman–Crippen LogP) is 1.46. The minimum absolute atomic E-state index is 0. The second-order valence-electron chi connectivity index (χ2n) is 6.66. The van der Waals surface area contributed by atoms with Crippen LogP contribution in [0.4, 0.5) is 0 Å². The molecule has 2 rings (SSSR count). The lowest BCUT2D eigenvalue weighted by molar-refractivity contribution is -0.132. The Morgan fingerprint density at radius 2 is 1.75 bits per heavy atom. The van der Waals surface area contributed by atoms with Gasteiger partial charge >= 0.3 is 0 Å². The number of likely N-dealkylation sites (tertiary alicyclic amines) is 1. The molecule has 2 aliphatic rings. The Kier molecular flexibility index (Phi) is 9.56. The van der Waals surface area contributed by atoms with Gasteiger partial charge in [0, 0.05) is 32.6 Å². The van der Waals surface area contributed by atoms with Crippen LogP contribution in [0.2, 0.25) is 0 Å². The lowest BCUT2D eigenvalue weighted by Gasteiger charge is -2.32. The summed E-state index contributed by atoms with van der Waals surface area (Å²) in [6, 6.07) is 0. The van der Waals surface area contributed by atoms with E-state index in [-0.39, 0.29) is 24.1 Å². The summed E-state index contributed by atoms with van der Waals surface area (Å²) in [5.74, 6) is 0.883. The fraction of sp³-hybridized carbons (Fsp3) is 0.938. The number of carbonyl (C=O) groups is 1. The molecule has 0 radical (unpaired) electrons. The van der Waals surface area contributed by atoms with Crippen LogP contribution in [-0.4, -0.2) is 68.6 Å². The van der Waals surface area contributed by atoms with Gasteiger partial charge in [0.2, 0.25) is 15.9 Å². The summed E-state index contributed by atoms with van der Waals surface area (Å²) >= 11 is 0. The summed E-state index contributed by atoms with van der Waals surface area (Å²) in [6.07, 6.45) is 4.80. The van der Waals surface area contributed by atoms with Crippen molar-refractivity contribution in [2.45, 2.75) is 45.4 Å². The van der Waals surface area contributed by atoms with Gasteiger partial charge in [-0.1, -0.05) is 6.92 Å². The topological polar surface area (TPSA) is 69.7 Å². The normalized spacial score (nSPS) is 20.1. The Labute approximate surface area is 152 Å². The first kappa shape index (κ1) is 21.7. The van der Waals surface area contributed by atoms with Crippen molar-refractivity contribution < 1.29 is 13.2 Å². The van der Waals surface area contributed by atoms with E-state index in [1.165, 1.54) is 0 Å². The van der Waals surface area contributed by atoms with Gasteiger partial charge in [-0.05, 0) is 51.1 Å². The van der Waals surface area contributed by atoms with E-state index in [4.69, 9.17) is 0 Å². The van der Waals surface area contributed by atoms with E-state index in [9.17, 15) is 13.2 Å². The standard InChI is InChI=1S/C16H31N3O3S.ClH/c1-2-17-14-15-7-11-18(12-8-15)16(20)6-5-13-23(21,22)19-9-3-4-10-19;/h15,17H,2-14H2,1H3;1H. The molecule has 8 heteroatoms. The van der Waals surface area contributed by atoms with Gasteiger partial charge < -0.3 is 10.2 Å². The molecule has 24 heavy (non-hydrogen) atoms. The first-order valence-corrected chi connectivity index (χ1v) is 10.6. The number of hydrogen-bond acceptors (Lipinski definition) is 4. The van der Waals surface area contributed by atoms with Crippen LogP contribution < -0.4 is 5.32 Å². The van der Waals surface area contributed by atoms with Crippen molar-refractivity contribution in [3.05, 3.63) is 0 Å². The zero-order valence-electron chi connectivity index (χ0n) is 14.7. The number of sulfonamides is 1. The number of rotatable bonds is 8. The predicted molar refractivity (Wildman–Crippen MR) is 98.9 cm³/mol. The molecule has 0 saturated carbocycles. The van der Waals surface area contributed by atoms with Crippen LogP contribution in [0.25, 0.3) is 0 Å². The Bertz CT molecular complexity index is 473. The van der Waals surface area contributed by atoms with Crippen LogP contribution in [0.1, 0.15) is 45.4 Å². The van der Waals surface area contributed by atoms with Crippen molar-refractivity contribution in [3.63, 3.8) is 0 Å². The van der Waals surface area contributed by atoms with Gasteiger partial charge in [-0.2, -0.15) is 0 Å². The molecule has 1 N–H and O–H groups in total. The Hall–Kier alpha value is -0.370. The summed E-state index contributed by atoms with van der Waals surface area (Å²) in [6.45, 7) is 7.05. The maximum atomic E-state index is 12.2. The van der Waals surface area contributed by atoms with Crippen LogP contribution >= 0.6 is 12.4 Å². The molecule has 0 aromatic heterocycles. The molecule has 2 heterocycles. The molecule has 0 spiro atoms. The second-order valence-corrected chi connectivity index (χ2v) is 8.75. The molecule has 0 aliphatic carbocycles. The lowest BCUT2D eigenvalue weighted by atomic mass is 9.96. The first-order valence-electron chi connectivity index (χ1n) is 8.99. The average Bonchev–Trinajstić information content (AvgIpc) is 3.08. The quantitative estimate of drug-likeness (QED) is 0.691. The maximum Gasteiger partial charge on any atom is 0.222 e. The third-order valence-electron chi connectivity index (χ3n) is 4.90. The highest BCUT2D eigenvalue weighted by molar-refractivity contribution is 7.89. The number of nitrogens with zero attached hydrogens (tertiary/aromatic N) is 2. The molecule has 0 bridgehead atoms. The summed E-state index contributed by atoms with van der Waals surface area (Å²) in [5.41, 5.74) is 0. The second kappa shape index (κ2) is 10.6. The van der Waals surface area contributed by atoms with Crippen LogP contribution in [0.5, 0.6) is 0 Å². The SMILES string of the molecule is CCNCC1CCN(C(=O)CCCS(=O)(=O)N2CCCC2)CC1.Cl. The van der Waals surface area contributed by atoms with Gasteiger partial charge in [-0.3, -0.25) is 4.79 Å². The van der Waals surface area contributed by atoms with Crippen molar-refractivity contribution in [2.75, 3.05) is 45.0 Å². The molecule has 2 saturated heterocycles. The molecule has 0 unspecified atom stereocenters. The third kappa shape index (κ3) is 6.50. The van der Waals surface area contributed by atoms with Crippen LogP contribution in [-0.2, 0) is 14.8 Å². The maximum absolute atomic E-state index is 12.2. The van der Waals surface area contributed by atoms with Gasteiger partial charge in [-0.15, -0.1) is 12.4 Å². The Morgan fingerprint density at radius 1 is 1.12 bits per heavy atom. The van der Waals surface area contributed by atoms with Gasteiger partial charge in [0.05, 0.1) is 5.75 Å². The van der Waals surface area contributed by atoms with Crippen LogP contribution in [0.15, 0.2) is 0 Å². The number of hydrogen-bond donors (Lipinski definition) is 1. The third-order valence-corrected chi connectivity index (χ3v) is 6.86. The molecule has 0 aromatic carbocycles. The summed E-state index contributed by atoms with van der Waals surface area (Å²) in [5, 5.41) is 3.36. The zero-order valence-corrected chi connectivity index (χ0v) is 16.3. The molecule has 0 aromatic rings. The fourth-order valence-corrected chi connectivity index (χ4v) is 4.98. The smallest absolute Gasteiger partial charge is 0.222 e. The highest BCUT2D eigenvalue weighted by Crippen LogP contribution is 2.18. The lowest BCUT2D eigenvalue weighted by Crippen LogP contribution is -2.41. The van der Waals surface area contributed by atoms with Crippen LogP contribution in [0.3, 0.4) is 0 Å². The number of piperidine rings is 1. The van der Waals surface area contributed by atoms with E-state index in [2.05, 4.69) is 12.2 Å². The van der Waals surface area contributed by atoms with E-state index in [0.29, 0.717) is 31.8 Å². The molecular weight excluding hydrogens is 350 g/mol. The molecule has 6 nitrogen and oxygen atoms in total.